The lowest BCUT2D eigenvalue weighted by molar-refractivity contribution is -0.870. The van der Waals surface area contributed by atoms with Crippen LogP contribution in [0.1, 0.15) is 213 Å². The number of carboxylic acid groups (broad SMARTS) is 1. The number of carbonyl (C=O) groups is 3. The molecule has 0 saturated heterocycles. The van der Waals surface area contributed by atoms with Crippen LogP contribution in [-0.2, 0) is 33.3 Å². The summed E-state index contributed by atoms with van der Waals surface area (Å²) in [6, 6.07) is 0. The number of rotatable bonds is 42. The molecule has 9 nitrogen and oxygen atoms in total. The molecule has 0 bridgehead atoms. The fourth-order valence-electron chi connectivity index (χ4n) is 6.54. The van der Waals surface area contributed by atoms with Gasteiger partial charge in [-0.2, -0.15) is 0 Å². The molecule has 0 spiro atoms. The summed E-state index contributed by atoms with van der Waals surface area (Å²) in [6.45, 7) is 4.85. The SMILES string of the molecule is CCCCCCCCCCCCCCCCCCCCCCCCC(=O)OC(COC(=O)CCCCCCCCC)COC(OCC[N+](C)(C)C)C(=O)O. The molecule has 54 heavy (non-hydrogen) atoms. The number of ether oxygens (including phenoxy) is 4. The molecule has 0 aliphatic heterocycles. The first-order valence-corrected chi connectivity index (χ1v) is 22.7. The maximum atomic E-state index is 12.7. The predicted molar refractivity (Wildman–Crippen MR) is 222 cm³/mol. The Morgan fingerprint density at radius 1 is 0.481 bits per heavy atom. The Labute approximate surface area is 332 Å². The van der Waals surface area contributed by atoms with Crippen molar-refractivity contribution in [3.63, 3.8) is 0 Å². The second-order valence-corrected chi connectivity index (χ2v) is 16.7. The number of carboxylic acids is 1. The molecule has 0 aromatic heterocycles. The second-order valence-electron chi connectivity index (χ2n) is 16.7. The lowest BCUT2D eigenvalue weighted by atomic mass is 10.0. The average Bonchev–Trinajstić information content (AvgIpc) is 3.12. The van der Waals surface area contributed by atoms with E-state index in [0.29, 0.717) is 17.4 Å². The van der Waals surface area contributed by atoms with Gasteiger partial charge in [0.2, 0.25) is 0 Å². The fraction of sp³-hybridized carbons (Fsp3) is 0.933. The molecule has 1 N–H and O–H groups in total. The van der Waals surface area contributed by atoms with Crippen LogP contribution in [0.2, 0.25) is 0 Å². The van der Waals surface area contributed by atoms with Crippen molar-refractivity contribution in [1.82, 2.24) is 0 Å². The Bertz CT molecular complexity index is 861. The quantitative estimate of drug-likeness (QED) is 0.0283. The van der Waals surface area contributed by atoms with Gasteiger partial charge >= 0.3 is 17.9 Å². The van der Waals surface area contributed by atoms with Crippen LogP contribution in [0.4, 0.5) is 0 Å². The molecule has 0 saturated carbocycles. The maximum Gasteiger partial charge on any atom is 0.361 e. The number of hydrogen-bond donors (Lipinski definition) is 1. The van der Waals surface area contributed by atoms with Gasteiger partial charge in [0.25, 0.3) is 6.29 Å². The van der Waals surface area contributed by atoms with Gasteiger partial charge in [-0.3, -0.25) is 9.59 Å². The third-order valence-electron chi connectivity index (χ3n) is 10.1. The van der Waals surface area contributed by atoms with Crippen molar-refractivity contribution in [2.45, 2.75) is 225 Å². The smallest absolute Gasteiger partial charge is 0.361 e. The molecule has 0 radical (unpaired) electrons. The van der Waals surface area contributed by atoms with Crippen LogP contribution in [-0.4, -0.2) is 87.4 Å². The zero-order valence-electron chi connectivity index (χ0n) is 36.2. The van der Waals surface area contributed by atoms with Crippen molar-refractivity contribution in [2.24, 2.45) is 0 Å². The first-order chi connectivity index (χ1) is 26.1. The van der Waals surface area contributed by atoms with E-state index in [1.165, 1.54) is 148 Å². The molecular formula is C45H88NO8+. The Morgan fingerprint density at radius 2 is 0.833 bits per heavy atom. The van der Waals surface area contributed by atoms with E-state index in [-0.39, 0.29) is 32.2 Å². The predicted octanol–water partition coefficient (Wildman–Crippen LogP) is 11.7. The minimum absolute atomic E-state index is 0.175. The highest BCUT2D eigenvalue weighted by atomic mass is 16.7. The van der Waals surface area contributed by atoms with Crippen LogP contribution in [0.25, 0.3) is 0 Å². The van der Waals surface area contributed by atoms with Crippen molar-refractivity contribution in [2.75, 3.05) is 47.5 Å². The number of nitrogens with zero attached hydrogens (tertiary/aromatic N) is 1. The molecule has 0 heterocycles. The summed E-state index contributed by atoms with van der Waals surface area (Å²) in [7, 11) is 5.95. The number of carbonyl (C=O) groups excluding carboxylic acids is 2. The highest BCUT2D eigenvalue weighted by molar-refractivity contribution is 5.71. The van der Waals surface area contributed by atoms with Crippen molar-refractivity contribution in [3.8, 4) is 0 Å². The van der Waals surface area contributed by atoms with Gasteiger partial charge in [0.15, 0.2) is 6.10 Å². The van der Waals surface area contributed by atoms with E-state index >= 15 is 0 Å². The molecule has 9 heteroatoms. The van der Waals surface area contributed by atoms with Crippen molar-refractivity contribution >= 4 is 17.9 Å². The van der Waals surface area contributed by atoms with Crippen molar-refractivity contribution in [3.05, 3.63) is 0 Å². The van der Waals surface area contributed by atoms with E-state index in [2.05, 4.69) is 13.8 Å². The van der Waals surface area contributed by atoms with Gasteiger partial charge in [0, 0.05) is 12.8 Å². The first-order valence-electron chi connectivity index (χ1n) is 22.7. The van der Waals surface area contributed by atoms with Crippen LogP contribution >= 0.6 is 0 Å². The van der Waals surface area contributed by atoms with E-state index in [9.17, 15) is 19.5 Å². The number of hydrogen-bond acceptors (Lipinski definition) is 7. The molecule has 0 aromatic carbocycles. The highest BCUT2D eigenvalue weighted by Gasteiger charge is 2.25. The third kappa shape index (κ3) is 38.6. The summed E-state index contributed by atoms with van der Waals surface area (Å²) in [5, 5.41) is 9.60. The summed E-state index contributed by atoms with van der Waals surface area (Å²) in [4.78, 5) is 36.9. The molecule has 0 fully saturated rings. The number of likely N-dealkylation sites (N-methyl/N-ethyl adjacent to an activating group) is 1. The van der Waals surface area contributed by atoms with E-state index in [1.54, 1.807) is 0 Å². The van der Waals surface area contributed by atoms with E-state index in [1.807, 2.05) is 21.1 Å². The number of quaternary nitrogens is 1. The lowest BCUT2D eigenvalue weighted by Crippen LogP contribution is -2.40. The van der Waals surface area contributed by atoms with Gasteiger partial charge in [-0.1, -0.05) is 187 Å². The van der Waals surface area contributed by atoms with Gasteiger partial charge in [0.05, 0.1) is 34.4 Å². The topological polar surface area (TPSA) is 108 Å². The largest absolute Gasteiger partial charge is 0.477 e. The van der Waals surface area contributed by atoms with Gasteiger partial charge in [-0.05, 0) is 12.8 Å². The van der Waals surface area contributed by atoms with E-state index in [4.69, 9.17) is 18.9 Å². The first kappa shape index (κ1) is 52.3. The second kappa shape index (κ2) is 38.2. The van der Waals surface area contributed by atoms with Crippen LogP contribution in [0.15, 0.2) is 0 Å². The van der Waals surface area contributed by atoms with Crippen LogP contribution in [0, 0.1) is 0 Å². The molecule has 0 aliphatic rings. The monoisotopic (exact) mass is 771 g/mol. The molecular weight excluding hydrogens is 682 g/mol. The molecule has 0 rings (SSSR count). The van der Waals surface area contributed by atoms with E-state index < -0.39 is 24.3 Å². The minimum Gasteiger partial charge on any atom is -0.477 e. The van der Waals surface area contributed by atoms with Crippen LogP contribution in [0.3, 0.4) is 0 Å². The molecule has 0 aliphatic carbocycles. The Kier molecular flexibility index (Phi) is 37.0. The standard InChI is InChI=1S/C45H87NO8/c1-6-8-10-12-14-15-16-17-18-19-20-21-22-23-24-25-26-27-28-30-32-34-36-43(48)54-41(39-52-42(47)35-33-31-29-13-11-9-7-2)40-53-45(44(49)50)51-38-37-46(3,4)5/h41,45H,6-40H2,1-5H3/p+1. The van der Waals surface area contributed by atoms with Gasteiger partial charge in [0.1, 0.15) is 13.2 Å². The molecule has 0 amide bonds. The summed E-state index contributed by atoms with van der Waals surface area (Å²) in [5.74, 6) is -2.00. The van der Waals surface area contributed by atoms with Crippen LogP contribution in [0.5, 0.6) is 0 Å². The Hall–Kier alpha value is -1.71. The summed E-state index contributed by atoms with van der Waals surface area (Å²) in [6.07, 6.45) is 34.7. The maximum absolute atomic E-state index is 12.7. The molecule has 0 aromatic rings. The molecule has 2 unspecified atom stereocenters. The van der Waals surface area contributed by atoms with Gasteiger partial charge < -0.3 is 28.5 Å². The molecule has 2 atom stereocenters. The van der Waals surface area contributed by atoms with Crippen LogP contribution < -0.4 is 0 Å². The normalized spacial score (nSPS) is 12.8. The number of unbranched alkanes of at least 4 members (excludes halogenated alkanes) is 27. The lowest BCUT2D eigenvalue weighted by Gasteiger charge is -2.25. The fourth-order valence-corrected chi connectivity index (χ4v) is 6.54. The number of aliphatic carboxylic acids is 1. The summed E-state index contributed by atoms with van der Waals surface area (Å²) >= 11 is 0. The van der Waals surface area contributed by atoms with E-state index in [0.717, 1.165) is 38.5 Å². The zero-order valence-corrected chi connectivity index (χ0v) is 36.2. The van der Waals surface area contributed by atoms with Crippen molar-refractivity contribution < 1.29 is 42.9 Å². The zero-order chi connectivity index (χ0) is 40.0. The Morgan fingerprint density at radius 3 is 1.19 bits per heavy atom. The minimum atomic E-state index is -1.50. The summed E-state index contributed by atoms with van der Waals surface area (Å²) in [5.41, 5.74) is 0. The third-order valence-corrected chi connectivity index (χ3v) is 10.1. The van der Waals surface area contributed by atoms with Gasteiger partial charge in [-0.15, -0.1) is 0 Å². The molecule has 320 valence electrons. The average molecular weight is 771 g/mol. The Balaban J connectivity index is 4.19. The number of esters is 2. The van der Waals surface area contributed by atoms with Crippen molar-refractivity contribution in [1.29, 1.82) is 0 Å². The highest BCUT2D eigenvalue weighted by Crippen LogP contribution is 2.16. The summed E-state index contributed by atoms with van der Waals surface area (Å²) < 4.78 is 22.6. The van der Waals surface area contributed by atoms with Gasteiger partial charge in [-0.25, -0.2) is 4.79 Å².